The molecule has 1 saturated heterocycles. The van der Waals surface area contributed by atoms with Crippen molar-refractivity contribution in [1.29, 1.82) is 0 Å². The topological polar surface area (TPSA) is 69.7 Å². The van der Waals surface area contributed by atoms with E-state index >= 15 is 0 Å². The van der Waals surface area contributed by atoms with E-state index in [0.717, 1.165) is 11.0 Å². The highest BCUT2D eigenvalue weighted by atomic mass is 35.5. The lowest BCUT2D eigenvalue weighted by Gasteiger charge is -2.32. The average Bonchev–Trinajstić information content (AvgIpc) is 2.72. The van der Waals surface area contributed by atoms with Crippen molar-refractivity contribution in [1.82, 2.24) is 10.3 Å². The van der Waals surface area contributed by atoms with Crippen LogP contribution in [0.25, 0.3) is 6.08 Å². The minimum absolute atomic E-state index is 0.217. The number of amides is 1. The van der Waals surface area contributed by atoms with Gasteiger partial charge in [-0.2, -0.15) is 0 Å². The van der Waals surface area contributed by atoms with Gasteiger partial charge in [0.25, 0.3) is 0 Å². The van der Waals surface area contributed by atoms with E-state index in [1.54, 1.807) is 12.3 Å². The van der Waals surface area contributed by atoms with E-state index in [-0.39, 0.29) is 6.54 Å². The molecule has 1 aromatic rings. The molecular formula is C19H28BClN2O4. The monoisotopic (exact) mass is 394 g/mol. The number of nitrogens with one attached hydrogen (secondary N) is 1. The quantitative estimate of drug-likeness (QED) is 0.610. The highest BCUT2D eigenvalue weighted by Gasteiger charge is 2.52. The highest BCUT2D eigenvalue weighted by molar-refractivity contribution is 6.56. The highest BCUT2D eigenvalue weighted by Crippen LogP contribution is 2.38. The van der Waals surface area contributed by atoms with Crippen molar-refractivity contribution in [2.24, 2.45) is 0 Å². The minimum Gasteiger partial charge on any atom is -0.444 e. The van der Waals surface area contributed by atoms with Crippen LogP contribution in [0.2, 0.25) is 5.15 Å². The number of hydrogen-bond donors (Lipinski definition) is 1. The van der Waals surface area contributed by atoms with Gasteiger partial charge in [0.1, 0.15) is 10.8 Å². The van der Waals surface area contributed by atoms with Gasteiger partial charge in [0.2, 0.25) is 0 Å². The summed E-state index contributed by atoms with van der Waals surface area (Å²) >= 11 is 5.86. The van der Waals surface area contributed by atoms with E-state index < -0.39 is 30.0 Å². The fourth-order valence-electron chi connectivity index (χ4n) is 2.37. The summed E-state index contributed by atoms with van der Waals surface area (Å²) in [5.41, 5.74) is 0.0407. The summed E-state index contributed by atoms with van der Waals surface area (Å²) in [6.07, 6.45) is 3.03. The smallest absolute Gasteiger partial charge is 0.444 e. The molecule has 0 bridgehead atoms. The summed E-state index contributed by atoms with van der Waals surface area (Å²) in [5.74, 6) is 0. The number of ether oxygens (including phenoxy) is 1. The molecule has 0 radical (unpaired) electrons. The number of rotatable bonds is 4. The van der Waals surface area contributed by atoms with E-state index in [2.05, 4.69) is 10.3 Å². The first-order valence-corrected chi connectivity index (χ1v) is 9.31. The van der Waals surface area contributed by atoms with Crippen LogP contribution in [-0.2, 0) is 14.0 Å². The van der Waals surface area contributed by atoms with Crippen molar-refractivity contribution in [2.45, 2.75) is 65.3 Å². The molecule has 1 aromatic heterocycles. The number of carbonyl (C=O) groups is 1. The standard InChI is InChI=1S/C19H28BClN2O4/c1-17(2,3)25-16(24)23-12-14(10-13-8-9-15(21)22-11-13)20-26-18(4,5)19(6,7)27-20/h8-11H,12H2,1-7H3,(H,23,24). The molecule has 1 aliphatic rings. The Morgan fingerprint density at radius 1 is 1.26 bits per heavy atom. The Morgan fingerprint density at radius 3 is 2.33 bits per heavy atom. The Labute approximate surface area is 166 Å². The second-order valence-corrected chi connectivity index (χ2v) is 8.96. The Bertz CT molecular complexity index is 695. The number of nitrogens with zero attached hydrogens (tertiary/aromatic N) is 1. The Kier molecular flexibility index (Phi) is 6.29. The third-order valence-electron chi connectivity index (χ3n) is 4.49. The maximum absolute atomic E-state index is 12.1. The first-order chi connectivity index (χ1) is 12.3. The van der Waals surface area contributed by atoms with Crippen molar-refractivity contribution in [2.75, 3.05) is 6.54 Å². The lowest BCUT2D eigenvalue weighted by Crippen LogP contribution is -2.41. The predicted octanol–water partition coefficient (Wildman–Crippen LogP) is 4.27. The van der Waals surface area contributed by atoms with Crippen LogP contribution in [0.1, 0.15) is 54.0 Å². The molecule has 8 heteroatoms. The number of carbonyl (C=O) groups excluding carboxylic acids is 1. The summed E-state index contributed by atoms with van der Waals surface area (Å²) in [4.78, 5) is 16.1. The van der Waals surface area contributed by atoms with Gasteiger partial charge in [-0.15, -0.1) is 0 Å². The SMILES string of the molecule is CC(C)(C)OC(=O)NCC(=Cc1ccc(Cl)nc1)B1OC(C)(C)C(C)(C)O1. The van der Waals surface area contributed by atoms with E-state index in [1.807, 2.05) is 60.6 Å². The maximum atomic E-state index is 12.1. The van der Waals surface area contributed by atoms with Crippen LogP contribution in [0.3, 0.4) is 0 Å². The molecule has 0 aliphatic carbocycles. The molecule has 148 valence electrons. The van der Waals surface area contributed by atoms with Crippen molar-refractivity contribution in [3.05, 3.63) is 34.5 Å². The van der Waals surface area contributed by atoms with Crippen LogP contribution in [0, 0.1) is 0 Å². The molecule has 0 spiro atoms. The molecule has 0 aromatic carbocycles. The second-order valence-electron chi connectivity index (χ2n) is 8.58. The first-order valence-electron chi connectivity index (χ1n) is 8.94. The Balaban J connectivity index is 2.22. The molecule has 0 atom stereocenters. The van der Waals surface area contributed by atoms with Crippen molar-refractivity contribution < 1.29 is 18.8 Å². The molecular weight excluding hydrogens is 366 g/mol. The Morgan fingerprint density at radius 2 is 1.85 bits per heavy atom. The van der Waals surface area contributed by atoms with Gasteiger partial charge in [-0.1, -0.05) is 23.7 Å². The zero-order valence-corrected chi connectivity index (χ0v) is 17.8. The third kappa shape index (κ3) is 5.96. The molecule has 27 heavy (non-hydrogen) atoms. The molecule has 1 fully saturated rings. The van der Waals surface area contributed by atoms with Gasteiger partial charge in [-0.05, 0) is 65.6 Å². The maximum Gasteiger partial charge on any atom is 0.492 e. The number of alkyl carbamates (subject to hydrolysis) is 1. The minimum atomic E-state index is -0.597. The molecule has 2 rings (SSSR count). The predicted molar refractivity (Wildman–Crippen MR) is 108 cm³/mol. The summed E-state index contributed by atoms with van der Waals surface area (Å²) in [6, 6.07) is 3.55. The Hall–Kier alpha value is -1.57. The summed E-state index contributed by atoms with van der Waals surface area (Å²) in [7, 11) is -0.597. The van der Waals surface area contributed by atoms with E-state index in [0.29, 0.717) is 5.15 Å². The summed E-state index contributed by atoms with van der Waals surface area (Å²) < 4.78 is 17.6. The van der Waals surface area contributed by atoms with Gasteiger partial charge in [-0.25, -0.2) is 9.78 Å². The zero-order chi connectivity index (χ0) is 20.5. The zero-order valence-electron chi connectivity index (χ0n) is 17.1. The lowest BCUT2D eigenvalue weighted by molar-refractivity contribution is 0.00578. The molecule has 1 N–H and O–H groups in total. The van der Waals surface area contributed by atoms with Crippen molar-refractivity contribution in [3.63, 3.8) is 0 Å². The molecule has 0 unspecified atom stereocenters. The molecule has 2 heterocycles. The van der Waals surface area contributed by atoms with E-state index in [9.17, 15) is 4.79 Å². The van der Waals surface area contributed by atoms with Crippen LogP contribution in [0.15, 0.2) is 23.8 Å². The van der Waals surface area contributed by atoms with Crippen LogP contribution in [0.5, 0.6) is 0 Å². The number of halogens is 1. The van der Waals surface area contributed by atoms with Gasteiger partial charge in [0.15, 0.2) is 0 Å². The van der Waals surface area contributed by atoms with Crippen LogP contribution in [0.4, 0.5) is 4.79 Å². The molecule has 0 saturated carbocycles. The van der Waals surface area contributed by atoms with Crippen LogP contribution < -0.4 is 5.32 Å². The normalized spacial score (nSPS) is 19.1. The third-order valence-corrected chi connectivity index (χ3v) is 4.72. The van der Waals surface area contributed by atoms with Gasteiger partial charge in [0.05, 0.1) is 11.2 Å². The van der Waals surface area contributed by atoms with Crippen molar-refractivity contribution >= 4 is 30.9 Å². The fraction of sp³-hybridized carbons (Fsp3) is 0.579. The van der Waals surface area contributed by atoms with Crippen molar-refractivity contribution in [3.8, 4) is 0 Å². The van der Waals surface area contributed by atoms with E-state index in [1.165, 1.54) is 0 Å². The molecule has 6 nitrogen and oxygen atoms in total. The molecule has 1 aliphatic heterocycles. The number of hydrogen-bond acceptors (Lipinski definition) is 5. The average molecular weight is 395 g/mol. The fourth-order valence-corrected chi connectivity index (χ4v) is 2.48. The first kappa shape index (κ1) is 21.7. The number of aromatic nitrogens is 1. The largest absolute Gasteiger partial charge is 0.492 e. The summed E-state index contributed by atoms with van der Waals surface area (Å²) in [6.45, 7) is 13.6. The number of pyridine rings is 1. The summed E-state index contributed by atoms with van der Waals surface area (Å²) in [5, 5.41) is 3.18. The van der Waals surface area contributed by atoms with Gasteiger partial charge < -0.3 is 19.4 Å². The lowest BCUT2D eigenvalue weighted by atomic mass is 9.77. The van der Waals surface area contributed by atoms with E-state index in [4.69, 9.17) is 25.6 Å². The van der Waals surface area contributed by atoms with Gasteiger partial charge in [-0.3, -0.25) is 0 Å². The second kappa shape index (κ2) is 7.82. The van der Waals surface area contributed by atoms with Crippen LogP contribution in [-0.4, -0.2) is 41.5 Å². The van der Waals surface area contributed by atoms with Gasteiger partial charge in [0, 0.05) is 12.7 Å². The van der Waals surface area contributed by atoms with Gasteiger partial charge >= 0.3 is 13.2 Å². The molecule has 1 amide bonds. The van der Waals surface area contributed by atoms with Crippen LogP contribution >= 0.6 is 11.6 Å².